The van der Waals surface area contributed by atoms with Gasteiger partial charge in [0, 0.05) is 17.7 Å². The second-order valence-electron chi connectivity index (χ2n) is 7.03. The topological polar surface area (TPSA) is 86.7 Å². The number of nitro groups is 1. The fraction of sp³-hybridized carbons (Fsp3) is 0.0435. The molecule has 9 heteroatoms. The van der Waals surface area contributed by atoms with E-state index in [4.69, 9.17) is 4.74 Å². The Morgan fingerprint density at radius 1 is 1.12 bits per heavy atom. The third-order valence-corrected chi connectivity index (χ3v) is 5.91. The zero-order valence-electron chi connectivity index (χ0n) is 16.4. The number of hydrogen-bond acceptors (Lipinski definition) is 6. The van der Waals surface area contributed by atoms with Crippen LogP contribution in [0.5, 0.6) is 5.75 Å². The largest absolute Gasteiger partial charge is 0.488 e. The normalized spacial score (nSPS) is 12.0. The molecule has 32 heavy (non-hydrogen) atoms. The van der Waals surface area contributed by atoms with Gasteiger partial charge in [-0.1, -0.05) is 35.6 Å². The van der Waals surface area contributed by atoms with Gasteiger partial charge in [0.1, 0.15) is 18.2 Å². The molecule has 0 saturated heterocycles. The third-order valence-electron chi connectivity index (χ3n) is 4.94. The van der Waals surface area contributed by atoms with Crippen molar-refractivity contribution in [3.63, 3.8) is 0 Å². The highest BCUT2D eigenvalue weighted by Gasteiger charge is 2.14. The lowest BCUT2D eigenvalue weighted by molar-refractivity contribution is -0.384. The summed E-state index contributed by atoms with van der Waals surface area (Å²) in [5.74, 6) is 0.0199. The maximum Gasteiger partial charge on any atom is 0.274 e. The fourth-order valence-electron chi connectivity index (χ4n) is 3.39. The molecule has 7 nitrogen and oxygen atoms in total. The Labute approximate surface area is 183 Å². The van der Waals surface area contributed by atoms with E-state index >= 15 is 0 Å². The van der Waals surface area contributed by atoms with E-state index in [1.165, 1.54) is 46.1 Å². The minimum absolute atomic E-state index is 0.121. The van der Waals surface area contributed by atoms with Crippen molar-refractivity contribution in [2.45, 2.75) is 6.61 Å². The van der Waals surface area contributed by atoms with Crippen molar-refractivity contribution in [3.05, 3.63) is 109 Å². The highest BCUT2D eigenvalue weighted by molar-refractivity contribution is 7.15. The first-order valence-corrected chi connectivity index (χ1v) is 10.4. The Balaban J connectivity index is 1.59. The van der Waals surface area contributed by atoms with Crippen LogP contribution in [-0.2, 0) is 6.61 Å². The predicted molar refractivity (Wildman–Crippen MR) is 119 cm³/mol. The lowest BCUT2D eigenvalue weighted by Gasteiger charge is -2.09. The minimum atomic E-state index is -0.506. The number of imidazole rings is 1. The number of nitro benzene ring substituents is 1. The predicted octanol–water partition coefficient (Wildman–Crippen LogP) is 4.08. The molecular formula is C23H14FN3O4S. The Morgan fingerprint density at radius 3 is 2.69 bits per heavy atom. The first-order chi connectivity index (χ1) is 15.5. The second kappa shape index (κ2) is 7.86. The van der Waals surface area contributed by atoms with Crippen LogP contribution in [0.2, 0.25) is 0 Å². The zero-order chi connectivity index (χ0) is 22.2. The maximum atomic E-state index is 13.1. The van der Waals surface area contributed by atoms with Gasteiger partial charge in [-0.2, -0.15) is 0 Å². The van der Waals surface area contributed by atoms with Crippen LogP contribution in [0.25, 0.3) is 22.1 Å². The molecule has 0 aliphatic rings. The quantitative estimate of drug-likeness (QED) is 0.299. The number of halogens is 1. The van der Waals surface area contributed by atoms with Crippen LogP contribution in [0, 0.1) is 15.9 Å². The van der Waals surface area contributed by atoms with Crippen LogP contribution in [0.3, 0.4) is 0 Å². The molecule has 0 atom stereocenters. The van der Waals surface area contributed by atoms with Gasteiger partial charge in [0.2, 0.25) is 0 Å². The van der Waals surface area contributed by atoms with E-state index in [0.717, 1.165) is 11.1 Å². The van der Waals surface area contributed by atoms with Crippen LogP contribution < -0.4 is 14.8 Å². The standard InChI is InChI=1S/C23H14FN3O4S/c24-16-7-5-14(6-8-16)13-31-20-10-9-17(27(29)30)11-15(20)12-21-22(28)26-19-4-2-1-3-18(19)25-23(26)32-21/h1-12H,13H2/b21-12+. The number of ether oxygens (including phenoxy) is 1. The molecule has 2 aromatic heterocycles. The number of fused-ring (bicyclic) bond motifs is 3. The van der Waals surface area contributed by atoms with E-state index in [1.54, 1.807) is 18.2 Å². The molecule has 0 saturated carbocycles. The van der Waals surface area contributed by atoms with Gasteiger partial charge in [-0.3, -0.25) is 14.9 Å². The monoisotopic (exact) mass is 447 g/mol. The van der Waals surface area contributed by atoms with Crippen molar-refractivity contribution in [2.24, 2.45) is 0 Å². The molecule has 2 heterocycles. The Bertz CT molecular complexity index is 1590. The number of rotatable bonds is 5. The fourth-order valence-corrected chi connectivity index (χ4v) is 4.37. The Kier molecular flexibility index (Phi) is 4.87. The molecule has 0 N–H and O–H groups in total. The lowest BCUT2D eigenvalue weighted by Crippen LogP contribution is -2.22. The average Bonchev–Trinajstić information content (AvgIpc) is 3.30. The molecular weight excluding hydrogens is 433 g/mol. The molecule has 0 radical (unpaired) electrons. The van der Waals surface area contributed by atoms with Crippen molar-refractivity contribution in [2.75, 3.05) is 0 Å². The van der Waals surface area contributed by atoms with Gasteiger partial charge in [0.15, 0.2) is 4.96 Å². The summed E-state index contributed by atoms with van der Waals surface area (Å²) in [6.07, 6.45) is 1.57. The number of aromatic nitrogens is 2. The molecule has 5 rings (SSSR count). The number of benzene rings is 3. The summed E-state index contributed by atoms with van der Waals surface area (Å²) in [6.45, 7) is 0.140. The summed E-state index contributed by atoms with van der Waals surface area (Å²) in [7, 11) is 0. The van der Waals surface area contributed by atoms with Crippen molar-refractivity contribution < 1.29 is 14.1 Å². The number of nitrogens with zero attached hydrogens (tertiary/aromatic N) is 3. The van der Waals surface area contributed by atoms with Gasteiger partial charge in [-0.25, -0.2) is 13.8 Å². The first-order valence-electron chi connectivity index (χ1n) is 9.57. The van der Waals surface area contributed by atoms with Crippen LogP contribution in [-0.4, -0.2) is 14.3 Å². The number of non-ortho nitro benzene ring substituents is 1. The van der Waals surface area contributed by atoms with Gasteiger partial charge in [-0.05, 0) is 42.0 Å². The number of hydrogen-bond donors (Lipinski definition) is 0. The maximum absolute atomic E-state index is 13.1. The van der Waals surface area contributed by atoms with E-state index in [9.17, 15) is 19.3 Å². The molecule has 0 amide bonds. The van der Waals surface area contributed by atoms with E-state index in [2.05, 4.69) is 4.98 Å². The molecule has 0 fully saturated rings. The Hall–Kier alpha value is -4.11. The van der Waals surface area contributed by atoms with E-state index in [0.29, 0.717) is 26.3 Å². The number of para-hydroxylation sites is 2. The summed E-state index contributed by atoms with van der Waals surface area (Å²) < 4.78 is 20.9. The zero-order valence-corrected chi connectivity index (χ0v) is 17.2. The molecule has 0 spiro atoms. The van der Waals surface area contributed by atoms with Gasteiger partial charge >= 0.3 is 0 Å². The van der Waals surface area contributed by atoms with Gasteiger partial charge in [-0.15, -0.1) is 0 Å². The highest BCUT2D eigenvalue weighted by atomic mass is 32.1. The van der Waals surface area contributed by atoms with Crippen molar-refractivity contribution in [3.8, 4) is 5.75 Å². The molecule has 0 bridgehead atoms. The summed E-state index contributed by atoms with van der Waals surface area (Å²) in [6, 6.07) is 17.4. The number of thiazole rings is 1. The van der Waals surface area contributed by atoms with Crippen LogP contribution >= 0.6 is 11.3 Å². The summed E-state index contributed by atoms with van der Waals surface area (Å²) >= 11 is 1.20. The van der Waals surface area contributed by atoms with E-state index in [1.807, 2.05) is 24.3 Å². The van der Waals surface area contributed by atoms with Gasteiger partial charge < -0.3 is 4.74 Å². The smallest absolute Gasteiger partial charge is 0.274 e. The van der Waals surface area contributed by atoms with Crippen molar-refractivity contribution >= 4 is 39.1 Å². The minimum Gasteiger partial charge on any atom is -0.488 e. The van der Waals surface area contributed by atoms with Gasteiger partial charge in [0.25, 0.3) is 11.2 Å². The molecule has 0 unspecified atom stereocenters. The average molecular weight is 447 g/mol. The summed E-state index contributed by atoms with van der Waals surface area (Å²) in [4.78, 5) is 28.8. The molecule has 0 aliphatic carbocycles. The van der Waals surface area contributed by atoms with Crippen LogP contribution in [0.1, 0.15) is 11.1 Å². The Morgan fingerprint density at radius 2 is 1.91 bits per heavy atom. The summed E-state index contributed by atoms with van der Waals surface area (Å²) in [5.41, 5.74) is 2.18. The first kappa shape index (κ1) is 19.8. The molecule has 0 aliphatic heterocycles. The van der Waals surface area contributed by atoms with Crippen molar-refractivity contribution in [1.29, 1.82) is 0 Å². The van der Waals surface area contributed by atoms with Crippen LogP contribution in [0.15, 0.2) is 71.5 Å². The lowest BCUT2D eigenvalue weighted by atomic mass is 10.1. The second-order valence-corrected chi connectivity index (χ2v) is 8.04. The van der Waals surface area contributed by atoms with E-state index in [-0.39, 0.29) is 23.7 Å². The molecule has 3 aromatic carbocycles. The van der Waals surface area contributed by atoms with E-state index < -0.39 is 4.92 Å². The molecule has 158 valence electrons. The molecule has 5 aromatic rings. The van der Waals surface area contributed by atoms with Crippen molar-refractivity contribution in [1.82, 2.24) is 9.38 Å². The summed E-state index contributed by atoms with van der Waals surface area (Å²) in [5, 5.41) is 11.3. The van der Waals surface area contributed by atoms with Gasteiger partial charge in [0.05, 0.1) is 20.5 Å². The highest BCUT2D eigenvalue weighted by Crippen LogP contribution is 2.26. The van der Waals surface area contributed by atoms with Crippen LogP contribution in [0.4, 0.5) is 10.1 Å². The third kappa shape index (κ3) is 3.58. The SMILES string of the molecule is O=c1/c(=C\c2cc([N+](=O)[O-])ccc2OCc2ccc(F)cc2)sc2nc3ccccc3n12.